The predicted molar refractivity (Wildman–Crippen MR) is 135 cm³/mol. The van der Waals surface area contributed by atoms with Gasteiger partial charge in [-0.2, -0.15) is 5.26 Å². The topological polar surface area (TPSA) is 99.9 Å². The lowest BCUT2D eigenvalue weighted by molar-refractivity contribution is -0.135. The summed E-state index contributed by atoms with van der Waals surface area (Å²) >= 11 is 4.31. The van der Waals surface area contributed by atoms with Crippen LogP contribution in [0.25, 0.3) is 6.08 Å². The first kappa shape index (κ1) is 24.8. The van der Waals surface area contributed by atoms with Crippen molar-refractivity contribution in [1.29, 1.82) is 5.26 Å². The number of carbonyl (C=O) groups excluding carboxylic acids is 3. The number of hydrogen-bond donors (Lipinski definition) is 0. The Morgan fingerprint density at radius 1 is 1.20 bits per heavy atom. The smallest absolute Gasteiger partial charge is 0.294 e. The van der Waals surface area contributed by atoms with Gasteiger partial charge in [0.2, 0.25) is 5.91 Å². The Labute approximate surface area is 215 Å². The van der Waals surface area contributed by atoms with E-state index in [9.17, 15) is 14.4 Å². The number of rotatable bonds is 7. The van der Waals surface area contributed by atoms with Crippen LogP contribution in [-0.2, 0) is 16.2 Å². The molecule has 2 aliphatic heterocycles. The monoisotopic (exact) mass is 555 g/mol. The highest BCUT2D eigenvalue weighted by atomic mass is 79.9. The first-order valence-corrected chi connectivity index (χ1v) is 12.5. The Kier molecular flexibility index (Phi) is 7.78. The molecule has 2 aromatic rings. The summed E-state index contributed by atoms with van der Waals surface area (Å²) in [6, 6.07) is 12.6. The molecule has 0 aromatic heterocycles. The molecule has 0 saturated carbocycles. The van der Waals surface area contributed by atoms with Crippen LogP contribution in [0, 0.1) is 11.3 Å². The van der Waals surface area contributed by atoms with Crippen LogP contribution in [0.15, 0.2) is 45.8 Å². The van der Waals surface area contributed by atoms with E-state index in [1.54, 1.807) is 35.2 Å². The van der Waals surface area contributed by atoms with Crippen LogP contribution >= 0.6 is 27.7 Å². The van der Waals surface area contributed by atoms with Crippen LogP contribution in [0.1, 0.15) is 29.5 Å². The van der Waals surface area contributed by atoms with Gasteiger partial charge in [-0.1, -0.05) is 12.1 Å². The van der Waals surface area contributed by atoms with E-state index < -0.39 is 11.1 Å². The summed E-state index contributed by atoms with van der Waals surface area (Å²) in [5.74, 6) is 0.240. The number of amides is 3. The molecule has 0 atom stereocenters. The third-order valence-electron chi connectivity index (χ3n) is 5.64. The van der Waals surface area contributed by atoms with Crippen LogP contribution in [0.2, 0.25) is 0 Å². The zero-order valence-corrected chi connectivity index (χ0v) is 21.4. The molecule has 10 heteroatoms. The number of thioether (sulfide) groups is 1. The molecule has 0 spiro atoms. The molecule has 35 heavy (non-hydrogen) atoms. The van der Waals surface area contributed by atoms with Crippen LogP contribution in [0.4, 0.5) is 4.79 Å². The third-order valence-corrected chi connectivity index (χ3v) is 7.14. The Bertz CT molecular complexity index is 1230. The van der Waals surface area contributed by atoms with E-state index in [0.29, 0.717) is 40.2 Å². The van der Waals surface area contributed by atoms with Crippen molar-refractivity contribution in [2.75, 3.05) is 26.7 Å². The average Bonchev–Trinajstić information content (AvgIpc) is 3.48. The molecule has 0 aliphatic carbocycles. The highest BCUT2D eigenvalue weighted by molar-refractivity contribution is 9.10. The van der Waals surface area contributed by atoms with Crippen molar-refractivity contribution in [1.82, 2.24) is 9.80 Å². The van der Waals surface area contributed by atoms with Gasteiger partial charge in [-0.25, -0.2) is 0 Å². The standard InChI is InChI=1S/C25H22BrN3O5S/c1-33-20-11-18(10-19(26)23(20)34-15-17-6-4-16(13-27)5-7-17)12-21-24(31)29(25(32)35-21)14-22(30)28-8-2-3-9-28/h4-7,10-12H,2-3,8-9,14-15H2,1H3/b21-12+. The lowest BCUT2D eigenvalue weighted by Crippen LogP contribution is -2.40. The molecule has 0 radical (unpaired) electrons. The number of benzene rings is 2. The Morgan fingerprint density at radius 2 is 1.91 bits per heavy atom. The Balaban J connectivity index is 1.48. The van der Waals surface area contributed by atoms with E-state index in [4.69, 9.17) is 14.7 Å². The molecule has 0 N–H and O–H groups in total. The summed E-state index contributed by atoms with van der Waals surface area (Å²) in [7, 11) is 1.51. The van der Waals surface area contributed by atoms with Gasteiger partial charge >= 0.3 is 0 Å². The van der Waals surface area contributed by atoms with Crippen LogP contribution in [0.5, 0.6) is 11.5 Å². The van der Waals surface area contributed by atoms with Gasteiger partial charge in [0.15, 0.2) is 11.5 Å². The van der Waals surface area contributed by atoms with Gasteiger partial charge in [0.25, 0.3) is 11.1 Å². The number of methoxy groups -OCH3 is 1. The highest BCUT2D eigenvalue weighted by Gasteiger charge is 2.37. The SMILES string of the molecule is COc1cc(/C=C2/SC(=O)N(CC(=O)N3CCCC3)C2=O)cc(Br)c1OCc1ccc(C#N)cc1. The Hall–Kier alpha value is -3.29. The van der Waals surface area contributed by atoms with E-state index in [1.165, 1.54) is 7.11 Å². The molecule has 180 valence electrons. The van der Waals surface area contributed by atoms with Gasteiger partial charge in [0.1, 0.15) is 13.2 Å². The first-order valence-electron chi connectivity index (χ1n) is 10.9. The van der Waals surface area contributed by atoms with Crippen LogP contribution in [0.3, 0.4) is 0 Å². The minimum atomic E-state index is -0.483. The van der Waals surface area contributed by atoms with Crippen molar-refractivity contribution in [3.05, 3.63) is 62.5 Å². The number of ether oxygens (including phenoxy) is 2. The van der Waals surface area contributed by atoms with E-state index in [-0.39, 0.29) is 24.0 Å². The van der Waals surface area contributed by atoms with E-state index >= 15 is 0 Å². The maximum Gasteiger partial charge on any atom is 0.294 e. The van der Waals surface area contributed by atoms with E-state index in [0.717, 1.165) is 35.1 Å². The number of hydrogen-bond acceptors (Lipinski definition) is 7. The number of nitrogens with zero attached hydrogens (tertiary/aromatic N) is 3. The van der Waals surface area contributed by atoms with Crippen molar-refractivity contribution in [3.8, 4) is 17.6 Å². The molecular formula is C25H22BrN3O5S. The molecule has 0 bridgehead atoms. The van der Waals surface area contributed by atoms with Crippen molar-refractivity contribution >= 4 is 50.8 Å². The van der Waals surface area contributed by atoms with Crippen molar-refractivity contribution in [2.24, 2.45) is 0 Å². The number of imide groups is 1. The first-order chi connectivity index (χ1) is 16.9. The molecular weight excluding hydrogens is 534 g/mol. The summed E-state index contributed by atoms with van der Waals surface area (Å²) in [6.07, 6.45) is 3.48. The number of nitriles is 1. The zero-order chi connectivity index (χ0) is 24.9. The summed E-state index contributed by atoms with van der Waals surface area (Å²) in [5.41, 5.74) is 2.09. The van der Waals surface area contributed by atoms with Gasteiger partial charge in [0, 0.05) is 13.1 Å². The lowest BCUT2D eigenvalue weighted by Gasteiger charge is -2.18. The maximum atomic E-state index is 12.8. The summed E-state index contributed by atoms with van der Waals surface area (Å²) < 4.78 is 12.0. The van der Waals surface area contributed by atoms with Gasteiger partial charge in [-0.3, -0.25) is 19.3 Å². The maximum absolute atomic E-state index is 12.8. The van der Waals surface area contributed by atoms with Crippen LogP contribution in [-0.4, -0.2) is 53.6 Å². The second kappa shape index (κ2) is 11.0. The number of halogens is 1. The van der Waals surface area contributed by atoms with Crippen molar-refractivity contribution in [2.45, 2.75) is 19.4 Å². The fraction of sp³-hybridized carbons (Fsp3) is 0.280. The molecule has 8 nitrogen and oxygen atoms in total. The predicted octanol–water partition coefficient (Wildman–Crippen LogP) is 4.57. The van der Waals surface area contributed by atoms with Crippen molar-refractivity contribution in [3.63, 3.8) is 0 Å². The average molecular weight is 556 g/mol. The number of carbonyl (C=O) groups is 3. The number of likely N-dealkylation sites (tertiary alicyclic amines) is 1. The third kappa shape index (κ3) is 5.69. The van der Waals surface area contributed by atoms with Crippen LogP contribution < -0.4 is 9.47 Å². The van der Waals surface area contributed by atoms with Gasteiger partial charge in [0.05, 0.1) is 28.1 Å². The highest BCUT2D eigenvalue weighted by Crippen LogP contribution is 2.39. The fourth-order valence-electron chi connectivity index (χ4n) is 3.78. The Morgan fingerprint density at radius 3 is 2.57 bits per heavy atom. The van der Waals surface area contributed by atoms with Crippen molar-refractivity contribution < 1.29 is 23.9 Å². The molecule has 2 saturated heterocycles. The molecule has 2 heterocycles. The molecule has 2 aliphatic rings. The molecule has 2 fully saturated rings. The zero-order valence-electron chi connectivity index (χ0n) is 19.0. The van der Waals surface area contributed by atoms with E-state index in [2.05, 4.69) is 22.0 Å². The molecule has 4 rings (SSSR count). The van der Waals surface area contributed by atoms with Gasteiger partial charge in [-0.15, -0.1) is 0 Å². The van der Waals surface area contributed by atoms with Gasteiger partial charge < -0.3 is 14.4 Å². The second-order valence-corrected chi connectivity index (χ2v) is 9.83. The lowest BCUT2D eigenvalue weighted by atomic mass is 10.1. The minimum Gasteiger partial charge on any atom is -0.493 e. The van der Waals surface area contributed by atoms with Gasteiger partial charge in [-0.05, 0) is 82.0 Å². The molecule has 0 unspecified atom stereocenters. The van der Waals surface area contributed by atoms with E-state index in [1.807, 2.05) is 12.1 Å². The minimum absolute atomic E-state index is 0.209. The fourth-order valence-corrected chi connectivity index (χ4v) is 5.20. The second-order valence-electron chi connectivity index (χ2n) is 7.99. The quantitative estimate of drug-likeness (QED) is 0.461. The summed E-state index contributed by atoms with van der Waals surface area (Å²) in [4.78, 5) is 40.6. The molecule has 3 amide bonds. The molecule has 2 aromatic carbocycles. The normalized spacial score (nSPS) is 16.7. The largest absolute Gasteiger partial charge is 0.493 e. The summed E-state index contributed by atoms with van der Waals surface area (Å²) in [6.45, 7) is 1.36. The summed E-state index contributed by atoms with van der Waals surface area (Å²) in [5, 5.41) is 8.47.